The van der Waals surface area contributed by atoms with E-state index in [2.05, 4.69) is 10.1 Å². The number of aromatic nitrogens is 1. The van der Waals surface area contributed by atoms with E-state index in [9.17, 15) is 9.59 Å². The molecule has 1 aliphatic rings. The van der Waals surface area contributed by atoms with Crippen molar-refractivity contribution in [1.82, 2.24) is 4.57 Å². The minimum Gasteiger partial charge on any atom is -0.327 e. The highest BCUT2D eigenvalue weighted by atomic mass is 32.1. The zero-order valence-corrected chi connectivity index (χ0v) is 12.8. The second-order valence-electron chi connectivity index (χ2n) is 4.80. The SMILES string of the molecule is Cn1ccsc1=NC(=O)C1=NN(c2ccccc2)C(=O)CC1. The molecule has 0 saturated heterocycles. The summed E-state index contributed by atoms with van der Waals surface area (Å²) in [4.78, 5) is 28.9. The van der Waals surface area contributed by atoms with E-state index < -0.39 is 5.91 Å². The predicted octanol–water partition coefficient (Wildman–Crippen LogP) is 1.70. The monoisotopic (exact) mass is 314 g/mol. The average Bonchev–Trinajstić information content (AvgIpc) is 2.93. The summed E-state index contributed by atoms with van der Waals surface area (Å²) in [6.07, 6.45) is 2.41. The molecule has 112 valence electrons. The lowest BCUT2D eigenvalue weighted by molar-refractivity contribution is -0.118. The molecule has 7 heteroatoms. The molecule has 0 aliphatic carbocycles. The van der Waals surface area contributed by atoms with E-state index in [0.717, 1.165) is 0 Å². The number of hydrogen-bond acceptors (Lipinski definition) is 4. The van der Waals surface area contributed by atoms with Crippen LogP contribution in [0.25, 0.3) is 0 Å². The second kappa shape index (κ2) is 6.07. The molecule has 22 heavy (non-hydrogen) atoms. The van der Waals surface area contributed by atoms with Crippen molar-refractivity contribution in [3.8, 4) is 0 Å². The number of thiazole rings is 1. The fraction of sp³-hybridized carbons (Fsp3) is 0.200. The number of amides is 2. The zero-order chi connectivity index (χ0) is 15.5. The first-order valence-corrected chi connectivity index (χ1v) is 7.68. The topological polar surface area (TPSA) is 67.0 Å². The number of hydrazone groups is 1. The fourth-order valence-electron chi connectivity index (χ4n) is 2.06. The number of anilines is 1. The van der Waals surface area contributed by atoms with Crippen molar-refractivity contribution < 1.29 is 9.59 Å². The maximum atomic E-state index is 12.3. The van der Waals surface area contributed by atoms with Gasteiger partial charge in [-0.2, -0.15) is 10.1 Å². The number of carbonyl (C=O) groups is 2. The van der Waals surface area contributed by atoms with Gasteiger partial charge < -0.3 is 4.57 Å². The van der Waals surface area contributed by atoms with Crippen molar-refractivity contribution >= 4 is 34.6 Å². The molecule has 0 bridgehead atoms. The first-order valence-electron chi connectivity index (χ1n) is 6.80. The standard InChI is InChI=1S/C15H14N4O2S/c1-18-9-10-22-15(18)16-14(21)12-7-8-13(20)19(17-12)11-5-3-2-4-6-11/h2-6,9-10H,7-8H2,1H3. The van der Waals surface area contributed by atoms with E-state index >= 15 is 0 Å². The zero-order valence-electron chi connectivity index (χ0n) is 12.0. The Morgan fingerprint density at radius 1 is 1.27 bits per heavy atom. The Balaban J connectivity index is 1.93. The normalized spacial score (nSPS) is 15.9. The molecule has 1 aromatic heterocycles. The summed E-state index contributed by atoms with van der Waals surface area (Å²) >= 11 is 1.38. The van der Waals surface area contributed by atoms with Crippen LogP contribution in [0, 0.1) is 0 Å². The minimum atomic E-state index is -0.397. The number of rotatable bonds is 2. The molecule has 0 unspecified atom stereocenters. The van der Waals surface area contributed by atoms with Gasteiger partial charge in [-0.15, -0.1) is 11.3 Å². The molecule has 2 heterocycles. The van der Waals surface area contributed by atoms with Crippen LogP contribution in [0.3, 0.4) is 0 Å². The summed E-state index contributed by atoms with van der Waals surface area (Å²) in [6, 6.07) is 9.07. The van der Waals surface area contributed by atoms with Crippen molar-refractivity contribution in [3.05, 3.63) is 46.7 Å². The first kappa shape index (κ1) is 14.4. The highest BCUT2D eigenvalue weighted by molar-refractivity contribution is 7.07. The van der Waals surface area contributed by atoms with Gasteiger partial charge in [-0.3, -0.25) is 9.59 Å². The number of carbonyl (C=O) groups excluding carboxylic acids is 2. The van der Waals surface area contributed by atoms with Crippen LogP contribution < -0.4 is 9.81 Å². The summed E-state index contributed by atoms with van der Waals surface area (Å²) in [5.74, 6) is -0.518. The molecule has 0 radical (unpaired) electrons. The lowest BCUT2D eigenvalue weighted by Crippen LogP contribution is -2.34. The van der Waals surface area contributed by atoms with Crippen molar-refractivity contribution in [2.24, 2.45) is 17.1 Å². The lowest BCUT2D eigenvalue weighted by Gasteiger charge is -2.22. The van der Waals surface area contributed by atoms with Gasteiger partial charge in [0.1, 0.15) is 5.71 Å². The quantitative estimate of drug-likeness (QED) is 0.846. The Hall–Kier alpha value is -2.54. The maximum Gasteiger partial charge on any atom is 0.295 e. The van der Waals surface area contributed by atoms with Gasteiger partial charge in [0.15, 0.2) is 4.80 Å². The molecule has 2 amide bonds. The van der Waals surface area contributed by atoms with Crippen molar-refractivity contribution in [3.63, 3.8) is 0 Å². The summed E-state index contributed by atoms with van der Waals surface area (Å²) < 4.78 is 1.77. The number of nitrogens with zero attached hydrogens (tertiary/aromatic N) is 4. The van der Waals surface area contributed by atoms with Gasteiger partial charge in [-0.05, 0) is 12.1 Å². The van der Waals surface area contributed by atoms with Crippen LogP contribution in [0.4, 0.5) is 5.69 Å². The third-order valence-electron chi connectivity index (χ3n) is 3.24. The second-order valence-corrected chi connectivity index (χ2v) is 5.67. The Kier molecular flexibility index (Phi) is 3.97. The van der Waals surface area contributed by atoms with E-state index in [1.54, 1.807) is 16.7 Å². The van der Waals surface area contributed by atoms with E-state index in [-0.39, 0.29) is 12.3 Å². The van der Waals surface area contributed by atoms with Crippen molar-refractivity contribution in [1.29, 1.82) is 0 Å². The van der Waals surface area contributed by atoms with Crippen LogP contribution in [0.15, 0.2) is 52.0 Å². The van der Waals surface area contributed by atoms with E-state index in [4.69, 9.17) is 0 Å². The molecular formula is C15H14N4O2S. The molecule has 0 saturated carbocycles. The van der Waals surface area contributed by atoms with E-state index in [1.165, 1.54) is 16.3 Å². The lowest BCUT2D eigenvalue weighted by atomic mass is 10.1. The van der Waals surface area contributed by atoms with Crippen molar-refractivity contribution in [2.45, 2.75) is 12.8 Å². The van der Waals surface area contributed by atoms with Crippen LogP contribution >= 0.6 is 11.3 Å². The Bertz CT molecular complexity index is 804. The van der Waals surface area contributed by atoms with Crippen LogP contribution in [0.2, 0.25) is 0 Å². The number of benzene rings is 1. The van der Waals surface area contributed by atoms with Crippen LogP contribution in [-0.4, -0.2) is 22.1 Å². The van der Waals surface area contributed by atoms with Gasteiger partial charge in [0.25, 0.3) is 5.91 Å². The van der Waals surface area contributed by atoms with E-state index in [1.807, 2.05) is 36.8 Å². The largest absolute Gasteiger partial charge is 0.327 e. The van der Waals surface area contributed by atoms with Gasteiger partial charge >= 0.3 is 0 Å². The van der Waals surface area contributed by atoms with Gasteiger partial charge in [0.2, 0.25) is 5.91 Å². The minimum absolute atomic E-state index is 0.121. The fourth-order valence-corrected chi connectivity index (χ4v) is 2.79. The molecule has 0 fully saturated rings. The summed E-state index contributed by atoms with van der Waals surface area (Å²) in [5.41, 5.74) is 0.955. The molecule has 6 nitrogen and oxygen atoms in total. The van der Waals surface area contributed by atoms with Gasteiger partial charge in [-0.1, -0.05) is 18.2 Å². The van der Waals surface area contributed by atoms with E-state index in [0.29, 0.717) is 22.6 Å². The Morgan fingerprint density at radius 2 is 2.05 bits per heavy atom. The van der Waals surface area contributed by atoms with Crippen LogP contribution in [0.1, 0.15) is 12.8 Å². The van der Waals surface area contributed by atoms with Gasteiger partial charge in [-0.25, -0.2) is 5.01 Å². The number of hydrogen-bond donors (Lipinski definition) is 0. The van der Waals surface area contributed by atoms with Crippen LogP contribution in [0.5, 0.6) is 0 Å². The average molecular weight is 314 g/mol. The molecule has 3 rings (SSSR count). The summed E-state index contributed by atoms with van der Waals surface area (Å²) in [5, 5.41) is 7.33. The van der Waals surface area contributed by atoms with Gasteiger partial charge in [0, 0.05) is 31.5 Å². The predicted molar refractivity (Wildman–Crippen MR) is 84.5 cm³/mol. The number of para-hydroxylation sites is 1. The molecule has 2 aromatic rings. The molecule has 0 N–H and O–H groups in total. The third-order valence-corrected chi connectivity index (χ3v) is 4.08. The highest BCUT2D eigenvalue weighted by Crippen LogP contribution is 2.19. The van der Waals surface area contributed by atoms with Crippen LogP contribution in [-0.2, 0) is 16.6 Å². The molecule has 0 spiro atoms. The molecular weight excluding hydrogens is 300 g/mol. The third kappa shape index (κ3) is 2.89. The highest BCUT2D eigenvalue weighted by Gasteiger charge is 2.25. The molecule has 0 atom stereocenters. The Labute approximate surface area is 131 Å². The first-order chi connectivity index (χ1) is 10.6. The number of aryl methyl sites for hydroxylation is 1. The van der Waals surface area contributed by atoms with Crippen molar-refractivity contribution in [2.75, 3.05) is 5.01 Å². The Morgan fingerprint density at radius 3 is 2.73 bits per heavy atom. The smallest absolute Gasteiger partial charge is 0.295 e. The maximum absolute atomic E-state index is 12.3. The summed E-state index contributed by atoms with van der Waals surface area (Å²) in [6.45, 7) is 0. The van der Waals surface area contributed by atoms with Gasteiger partial charge in [0.05, 0.1) is 5.69 Å². The molecule has 1 aliphatic heterocycles. The summed E-state index contributed by atoms with van der Waals surface area (Å²) in [7, 11) is 1.82. The molecule has 1 aromatic carbocycles.